The number of amides is 4. The Balaban J connectivity index is 1.79. The van der Waals surface area contributed by atoms with Crippen LogP contribution in [0.15, 0.2) is 22.8 Å². The third-order valence-corrected chi connectivity index (χ3v) is 4.56. The number of aliphatic hydroxyl groups excluding tert-OH is 1. The van der Waals surface area contributed by atoms with Gasteiger partial charge in [0.1, 0.15) is 11.8 Å². The van der Waals surface area contributed by atoms with Crippen LogP contribution in [0.2, 0.25) is 0 Å². The minimum atomic E-state index is -0.716. The van der Waals surface area contributed by atoms with E-state index in [-0.39, 0.29) is 43.8 Å². The molecule has 0 radical (unpaired) electrons. The zero-order valence-corrected chi connectivity index (χ0v) is 14.9. The number of thioether (sulfide) groups is 1. The lowest BCUT2D eigenvalue weighted by Gasteiger charge is -2.16. The molecular weight excluding hydrogens is 346 g/mol. The molecule has 1 aromatic heterocycles. The van der Waals surface area contributed by atoms with Crippen LogP contribution in [0.25, 0.3) is 0 Å². The van der Waals surface area contributed by atoms with Crippen LogP contribution in [0.5, 0.6) is 0 Å². The number of carbonyl (C=O) groups excluding carboxylic acids is 3. The summed E-state index contributed by atoms with van der Waals surface area (Å²) in [5, 5.41) is 14.6. The van der Waals surface area contributed by atoms with Crippen LogP contribution >= 0.6 is 11.8 Å². The van der Waals surface area contributed by atoms with Crippen LogP contribution in [-0.2, 0) is 16.1 Å². The maximum absolute atomic E-state index is 12.3. The molecule has 0 aromatic carbocycles. The first-order chi connectivity index (χ1) is 12.0. The van der Waals surface area contributed by atoms with Gasteiger partial charge in [0, 0.05) is 6.42 Å². The Morgan fingerprint density at radius 2 is 2.32 bits per heavy atom. The third kappa shape index (κ3) is 5.50. The Morgan fingerprint density at radius 1 is 1.52 bits per heavy atom. The van der Waals surface area contributed by atoms with Gasteiger partial charge in [-0.15, -0.1) is 0 Å². The standard InChI is InChI=1S/C16H23N3O5S/c1-25-8-6-11(10-20)17-14(21)5-4-13-15(22)19(16(23)18-13)9-12-3-2-7-24-12/h2-3,7,11,13,20H,4-6,8-10H2,1H3,(H,17,21)(H,18,23)/t11-,13-/m1/s1. The number of aliphatic hydroxyl groups is 1. The number of furan rings is 1. The molecule has 9 heteroatoms. The molecule has 1 fully saturated rings. The molecule has 0 spiro atoms. The topological polar surface area (TPSA) is 112 Å². The highest BCUT2D eigenvalue weighted by Gasteiger charge is 2.38. The van der Waals surface area contributed by atoms with Gasteiger partial charge in [-0.2, -0.15) is 11.8 Å². The average Bonchev–Trinajstić information content (AvgIpc) is 3.20. The maximum Gasteiger partial charge on any atom is 0.325 e. The molecule has 1 aliphatic heterocycles. The second-order valence-electron chi connectivity index (χ2n) is 5.77. The summed E-state index contributed by atoms with van der Waals surface area (Å²) >= 11 is 1.64. The van der Waals surface area contributed by atoms with Crippen LogP contribution < -0.4 is 10.6 Å². The number of urea groups is 1. The number of carbonyl (C=O) groups is 3. The quantitative estimate of drug-likeness (QED) is 0.524. The van der Waals surface area contributed by atoms with Gasteiger partial charge in [0.15, 0.2) is 0 Å². The van der Waals surface area contributed by atoms with Crippen molar-refractivity contribution in [1.29, 1.82) is 0 Å². The van der Waals surface area contributed by atoms with Crippen molar-refractivity contribution in [1.82, 2.24) is 15.5 Å². The molecule has 1 aromatic rings. The van der Waals surface area contributed by atoms with Crippen molar-refractivity contribution in [3.05, 3.63) is 24.2 Å². The van der Waals surface area contributed by atoms with E-state index in [9.17, 15) is 19.5 Å². The van der Waals surface area contributed by atoms with E-state index in [0.717, 1.165) is 10.7 Å². The molecule has 2 rings (SSSR count). The summed E-state index contributed by atoms with van der Waals surface area (Å²) in [7, 11) is 0. The Kier molecular flexibility index (Phi) is 7.32. The first-order valence-electron chi connectivity index (χ1n) is 8.08. The van der Waals surface area contributed by atoms with Gasteiger partial charge < -0.3 is 20.2 Å². The van der Waals surface area contributed by atoms with Crippen LogP contribution in [0.3, 0.4) is 0 Å². The smallest absolute Gasteiger partial charge is 0.325 e. The SMILES string of the molecule is CSCC[C@H](CO)NC(=O)CC[C@H]1NC(=O)N(Cc2ccco2)C1=O. The summed E-state index contributed by atoms with van der Waals surface area (Å²) in [6.45, 7) is -0.0516. The second-order valence-corrected chi connectivity index (χ2v) is 6.76. The van der Waals surface area contributed by atoms with E-state index >= 15 is 0 Å². The highest BCUT2D eigenvalue weighted by atomic mass is 32.2. The minimum Gasteiger partial charge on any atom is -0.467 e. The summed E-state index contributed by atoms with van der Waals surface area (Å²) in [6, 6.07) is 1.88. The fraction of sp³-hybridized carbons (Fsp3) is 0.562. The van der Waals surface area contributed by atoms with E-state index in [1.165, 1.54) is 6.26 Å². The molecule has 0 unspecified atom stereocenters. The van der Waals surface area contributed by atoms with E-state index in [0.29, 0.717) is 12.2 Å². The van der Waals surface area contributed by atoms with Gasteiger partial charge in [0.25, 0.3) is 5.91 Å². The fourth-order valence-electron chi connectivity index (χ4n) is 2.53. The molecule has 0 saturated carbocycles. The zero-order valence-electron chi connectivity index (χ0n) is 14.1. The van der Waals surface area contributed by atoms with Crippen molar-refractivity contribution in [2.75, 3.05) is 18.6 Å². The molecule has 4 amide bonds. The minimum absolute atomic E-state index is 0.0711. The van der Waals surface area contributed by atoms with Gasteiger partial charge in [0.2, 0.25) is 5.91 Å². The Bertz CT molecular complexity index is 593. The van der Waals surface area contributed by atoms with E-state index in [1.54, 1.807) is 23.9 Å². The van der Waals surface area contributed by atoms with Gasteiger partial charge in [-0.1, -0.05) is 0 Å². The Labute approximate surface area is 150 Å². The first kappa shape index (κ1) is 19.3. The number of hydrogen-bond donors (Lipinski definition) is 3. The lowest BCUT2D eigenvalue weighted by molar-refractivity contribution is -0.128. The van der Waals surface area contributed by atoms with Crippen LogP contribution in [0, 0.1) is 0 Å². The molecule has 2 heterocycles. The van der Waals surface area contributed by atoms with Crippen molar-refractivity contribution < 1.29 is 23.9 Å². The first-order valence-corrected chi connectivity index (χ1v) is 9.48. The number of nitrogens with one attached hydrogen (secondary N) is 2. The number of imide groups is 1. The van der Waals surface area contributed by atoms with Crippen molar-refractivity contribution in [3.63, 3.8) is 0 Å². The second kappa shape index (κ2) is 9.47. The summed E-state index contributed by atoms with van der Waals surface area (Å²) < 4.78 is 5.15. The summed E-state index contributed by atoms with van der Waals surface area (Å²) in [6.07, 6.45) is 4.43. The maximum atomic E-state index is 12.3. The van der Waals surface area contributed by atoms with Gasteiger partial charge in [-0.3, -0.25) is 14.5 Å². The fourth-order valence-corrected chi connectivity index (χ4v) is 3.05. The molecule has 0 aliphatic carbocycles. The molecule has 8 nitrogen and oxygen atoms in total. The molecule has 138 valence electrons. The van der Waals surface area contributed by atoms with Crippen molar-refractivity contribution in [3.8, 4) is 0 Å². The predicted octanol–water partition coefficient (Wildman–Crippen LogP) is 0.710. The summed E-state index contributed by atoms with van der Waals surface area (Å²) in [5.41, 5.74) is 0. The molecule has 1 saturated heterocycles. The lowest BCUT2D eigenvalue weighted by atomic mass is 10.1. The molecule has 0 bridgehead atoms. The Morgan fingerprint density at radius 3 is 2.96 bits per heavy atom. The van der Waals surface area contributed by atoms with Crippen LogP contribution in [0.1, 0.15) is 25.0 Å². The van der Waals surface area contributed by atoms with Crippen molar-refractivity contribution in [2.45, 2.75) is 37.9 Å². The number of hydrogen-bond acceptors (Lipinski definition) is 6. The molecule has 1 aliphatic rings. The molecule has 25 heavy (non-hydrogen) atoms. The van der Waals surface area contributed by atoms with Gasteiger partial charge >= 0.3 is 6.03 Å². The normalized spacial score (nSPS) is 18.3. The van der Waals surface area contributed by atoms with Crippen molar-refractivity contribution >= 4 is 29.6 Å². The largest absolute Gasteiger partial charge is 0.467 e. The monoisotopic (exact) mass is 369 g/mol. The van der Waals surface area contributed by atoms with E-state index in [4.69, 9.17) is 4.42 Å². The highest BCUT2D eigenvalue weighted by Crippen LogP contribution is 2.15. The summed E-state index contributed by atoms with van der Waals surface area (Å²) in [5.74, 6) is 0.744. The zero-order chi connectivity index (χ0) is 18.2. The molecular formula is C16H23N3O5S. The lowest BCUT2D eigenvalue weighted by Crippen LogP contribution is -2.39. The molecule has 3 N–H and O–H groups in total. The number of nitrogens with zero attached hydrogens (tertiary/aromatic N) is 1. The van der Waals surface area contributed by atoms with E-state index in [2.05, 4.69) is 10.6 Å². The summed E-state index contributed by atoms with van der Waals surface area (Å²) in [4.78, 5) is 37.3. The highest BCUT2D eigenvalue weighted by molar-refractivity contribution is 7.98. The van der Waals surface area contributed by atoms with E-state index in [1.807, 2.05) is 6.26 Å². The van der Waals surface area contributed by atoms with E-state index < -0.39 is 12.1 Å². The predicted molar refractivity (Wildman–Crippen MR) is 92.8 cm³/mol. The van der Waals surface area contributed by atoms with Gasteiger partial charge in [-0.05, 0) is 37.0 Å². The van der Waals surface area contributed by atoms with Gasteiger partial charge in [0.05, 0.1) is 25.5 Å². The van der Waals surface area contributed by atoms with Gasteiger partial charge in [-0.25, -0.2) is 4.79 Å². The van der Waals surface area contributed by atoms with Crippen LogP contribution in [0.4, 0.5) is 4.79 Å². The average molecular weight is 369 g/mol. The Hall–Kier alpha value is -2.00. The third-order valence-electron chi connectivity index (χ3n) is 3.92. The molecule has 2 atom stereocenters. The van der Waals surface area contributed by atoms with Crippen LogP contribution in [-0.4, -0.2) is 58.6 Å². The number of rotatable bonds is 10. The van der Waals surface area contributed by atoms with Crippen molar-refractivity contribution in [2.24, 2.45) is 0 Å².